The van der Waals surface area contributed by atoms with Gasteiger partial charge < -0.3 is 10.4 Å². The number of pyridine rings is 1. The molecule has 1 aliphatic rings. The molecule has 1 aliphatic carbocycles. The zero-order valence-corrected chi connectivity index (χ0v) is 16.0. The summed E-state index contributed by atoms with van der Waals surface area (Å²) in [7, 11) is 0. The summed E-state index contributed by atoms with van der Waals surface area (Å²) in [5.74, 6) is -3.74. The van der Waals surface area contributed by atoms with Crippen LogP contribution in [0.2, 0.25) is 5.15 Å². The van der Waals surface area contributed by atoms with Gasteiger partial charge in [-0.25, -0.2) is 13.8 Å². The molecule has 0 aliphatic heterocycles. The molecule has 2 aromatic rings. The largest absolute Gasteiger partial charge is 0.435 e. The van der Waals surface area contributed by atoms with E-state index < -0.39 is 23.7 Å². The highest BCUT2D eigenvalue weighted by Crippen LogP contribution is 2.40. The van der Waals surface area contributed by atoms with Crippen molar-refractivity contribution in [1.29, 1.82) is 0 Å². The average molecular weight is 440 g/mol. The van der Waals surface area contributed by atoms with Crippen LogP contribution in [0.5, 0.6) is 0 Å². The van der Waals surface area contributed by atoms with Crippen LogP contribution < -0.4 is 5.32 Å². The van der Waals surface area contributed by atoms with Crippen LogP contribution in [0.3, 0.4) is 0 Å². The third-order valence-corrected chi connectivity index (χ3v) is 5.30. The van der Waals surface area contributed by atoms with Crippen LogP contribution in [0.1, 0.15) is 47.4 Å². The lowest BCUT2D eigenvalue weighted by Gasteiger charge is -2.28. The van der Waals surface area contributed by atoms with Crippen LogP contribution in [-0.4, -0.2) is 39.5 Å². The Hall–Kier alpha value is -1.94. The van der Waals surface area contributed by atoms with Gasteiger partial charge in [-0.1, -0.05) is 11.6 Å². The number of fused-ring (bicyclic) bond motifs is 1. The molecule has 0 aromatic carbocycles. The lowest BCUT2D eigenvalue weighted by atomic mass is 9.83. The van der Waals surface area contributed by atoms with Crippen molar-refractivity contribution in [2.24, 2.45) is 5.92 Å². The van der Waals surface area contributed by atoms with Crippen molar-refractivity contribution in [2.45, 2.75) is 44.2 Å². The van der Waals surface area contributed by atoms with Crippen LogP contribution >= 0.6 is 11.6 Å². The quantitative estimate of drug-likeness (QED) is 0.544. The summed E-state index contributed by atoms with van der Waals surface area (Å²) >= 11 is 6.18. The number of alkyl halides is 5. The molecule has 160 valence electrons. The first-order chi connectivity index (χ1) is 13.5. The summed E-state index contributed by atoms with van der Waals surface area (Å²) < 4.78 is 68.6. The van der Waals surface area contributed by atoms with Gasteiger partial charge in [-0.2, -0.15) is 13.2 Å². The van der Waals surface area contributed by atoms with E-state index in [9.17, 15) is 26.7 Å². The maximum atomic E-state index is 13.6. The molecule has 5 nitrogen and oxygen atoms in total. The fourth-order valence-corrected chi connectivity index (χ4v) is 3.88. The van der Waals surface area contributed by atoms with E-state index in [0.717, 1.165) is 4.40 Å². The summed E-state index contributed by atoms with van der Waals surface area (Å²) in [6, 6.07) is 2.38. The average Bonchev–Trinajstić information content (AvgIpc) is 3.00. The minimum Gasteiger partial charge on any atom is -0.395 e. The SMILES string of the molecule is O=C(NCCO)c1cc(Cl)n2c(CC3CCC(F)(F)CC3)c(C(F)(F)F)nc2c1. The minimum atomic E-state index is -4.76. The van der Waals surface area contributed by atoms with Gasteiger partial charge in [0, 0.05) is 24.9 Å². The second-order valence-corrected chi connectivity index (χ2v) is 7.54. The van der Waals surface area contributed by atoms with Crippen molar-refractivity contribution in [3.05, 3.63) is 34.2 Å². The van der Waals surface area contributed by atoms with Crippen molar-refractivity contribution in [2.75, 3.05) is 13.2 Å². The second kappa shape index (κ2) is 8.06. The van der Waals surface area contributed by atoms with E-state index >= 15 is 0 Å². The highest BCUT2D eigenvalue weighted by atomic mass is 35.5. The van der Waals surface area contributed by atoms with Crippen LogP contribution in [0.25, 0.3) is 5.65 Å². The summed E-state index contributed by atoms with van der Waals surface area (Å²) in [5, 5.41) is 11.0. The second-order valence-electron chi connectivity index (χ2n) is 7.15. The number of aliphatic hydroxyl groups is 1. The number of hydrogen-bond acceptors (Lipinski definition) is 3. The summed E-state index contributed by atoms with van der Waals surface area (Å²) in [4.78, 5) is 15.7. The Morgan fingerprint density at radius 3 is 2.55 bits per heavy atom. The summed E-state index contributed by atoms with van der Waals surface area (Å²) in [6.07, 6.45) is -5.37. The van der Waals surface area contributed by atoms with Crippen LogP contribution in [0.15, 0.2) is 12.1 Å². The number of imidazole rings is 1. The molecule has 1 saturated carbocycles. The van der Waals surface area contributed by atoms with Gasteiger partial charge in [-0.15, -0.1) is 0 Å². The first-order valence-electron chi connectivity index (χ1n) is 9.07. The molecule has 2 heterocycles. The number of carbonyl (C=O) groups is 1. The van der Waals surface area contributed by atoms with Gasteiger partial charge >= 0.3 is 6.18 Å². The van der Waals surface area contributed by atoms with Crippen molar-refractivity contribution in [3.8, 4) is 0 Å². The lowest BCUT2D eigenvalue weighted by Crippen LogP contribution is -2.27. The Morgan fingerprint density at radius 1 is 1.31 bits per heavy atom. The molecular weight excluding hydrogens is 421 g/mol. The van der Waals surface area contributed by atoms with Crippen LogP contribution in [0.4, 0.5) is 22.0 Å². The maximum Gasteiger partial charge on any atom is 0.435 e. The molecule has 2 N–H and O–H groups in total. The molecule has 29 heavy (non-hydrogen) atoms. The number of rotatable bonds is 5. The van der Waals surface area contributed by atoms with E-state index in [-0.39, 0.29) is 73.2 Å². The van der Waals surface area contributed by atoms with E-state index in [2.05, 4.69) is 10.3 Å². The van der Waals surface area contributed by atoms with Gasteiger partial charge in [-0.05, 0) is 37.3 Å². The van der Waals surface area contributed by atoms with Gasteiger partial charge in [0.25, 0.3) is 5.91 Å². The molecule has 0 atom stereocenters. The van der Waals surface area contributed by atoms with Gasteiger partial charge in [-0.3, -0.25) is 9.20 Å². The third-order valence-electron chi connectivity index (χ3n) is 5.02. The van der Waals surface area contributed by atoms with Crippen molar-refractivity contribution >= 4 is 23.2 Å². The smallest absolute Gasteiger partial charge is 0.395 e. The number of halogens is 6. The van der Waals surface area contributed by atoms with E-state index in [1.54, 1.807) is 0 Å². The van der Waals surface area contributed by atoms with Gasteiger partial charge in [0.2, 0.25) is 5.92 Å². The Balaban J connectivity index is 2.00. The van der Waals surface area contributed by atoms with E-state index in [4.69, 9.17) is 16.7 Å². The Bertz CT molecular complexity index is 903. The predicted octanol–water partition coefficient (Wildman–Crippen LogP) is 4.10. The van der Waals surface area contributed by atoms with Crippen molar-refractivity contribution in [3.63, 3.8) is 0 Å². The zero-order valence-electron chi connectivity index (χ0n) is 15.2. The molecular formula is C18H19ClF5N3O2. The molecule has 1 amide bonds. The number of aliphatic hydroxyl groups excluding tert-OH is 1. The van der Waals surface area contributed by atoms with Gasteiger partial charge in [0.15, 0.2) is 5.69 Å². The fourth-order valence-electron chi connectivity index (χ4n) is 3.58. The first kappa shape index (κ1) is 21.8. The van der Waals surface area contributed by atoms with Gasteiger partial charge in [0.05, 0.1) is 12.3 Å². The third kappa shape index (κ3) is 4.80. The van der Waals surface area contributed by atoms with Crippen LogP contribution in [-0.2, 0) is 12.6 Å². The highest BCUT2D eigenvalue weighted by molar-refractivity contribution is 6.30. The normalized spacial score (nSPS) is 17.6. The number of carbonyl (C=O) groups excluding carboxylic acids is 1. The molecule has 0 unspecified atom stereocenters. The van der Waals surface area contributed by atoms with E-state index in [1.165, 1.54) is 12.1 Å². The molecule has 0 radical (unpaired) electrons. The van der Waals surface area contributed by atoms with Crippen molar-refractivity contribution < 1.29 is 31.9 Å². The summed E-state index contributed by atoms with van der Waals surface area (Å²) in [6.45, 7) is -0.324. The lowest BCUT2D eigenvalue weighted by molar-refractivity contribution is -0.141. The molecule has 2 aromatic heterocycles. The molecule has 0 bridgehead atoms. The highest BCUT2D eigenvalue weighted by Gasteiger charge is 2.40. The Kier molecular flexibility index (Phi) is 6.05. The maximum absolute atomic E-state index is 13.6. The first-order valence-corrected chi connectivity index (χ1v) is 9.44. The standard InChI is InChI=1S/C18H19ClF5N3O2/c19-13-8-11(16(29)25-5-6-28)9-14-26-15(18(22,23)24)12(27(13)14)7-10-1-3-17(20,21)4-2-10/h8-10,28H,1-7H2,(H,25,29). The number of hydrogen-bond donors (Lipinski definition) is 2. The topological polar surface area (TPSA) is 66.6 Å². The molecule has 3 rings (SSSR count). The van der Waals surface area contributed by atoms with E-state index in [0.29, 0.717) is 0 Å². The molecule has 0 spiro atoms. The molecule has 11 heteroatoms. The fraction of sp³-hybridized carbons (Fsp3) is 0.556. The van der Waals surface area contributed by atoms with Crippen LogP contribution in [0, 0.1) is 5.92 Å². The minimum absolute atomic E-state index is 0.00136. The number of amides is 1. The Morgan fingerprint density at radius 2 is 1.97 bits per heavy atom. The Labute approximate surface area is 167 Å². The predicted molar refractivity (Wildman–Crippen MR) is 95.2 cm³/mol. The number of aromatic nitrogens is 2. The van der Waals surface area contributed by atoms with E-state index in [1.807, 2.05) is 0 Å². The molecule has 1 fully saturated rings. The monoisotopic (exact) mass is 439 g/mol. The zero-order chi connectivity index (χ0) is 21.4. The number of nitrogens with one attached hydrogen (secondary N) is 1. The molecule has 0 saturated heterocycles. The number of nitrogens with zero attached hydrogens (tertiary/aromatic N) is 2. The van der Waals surface area contributed by atoms with Crippen molar-refractivity contribution in [1.82, 2.24) is 14.7 Å². The van der Waals surface area contributed by atoms with Gasteiger partial charge in [0.1, 0.15) is 10.8 Å². The summed E-state index contributed by atoms with van der Waals surface area (Å²) in [5.41, 5.74) is -1.49.